The highest BCUT2D eigenvalue weighted by Gasteiger charge is 2.27. The molecule has 11 nitrogen and oxygen atoms in total. The summed E-state index contributed by atoms with van der Waals surface area (Å²) in [5.74, 6) is 2.24. The molecule has 0 saturated heterocycles. The largest absolute Gasteiger partial charge is 0.456 e. The van der Waals surface area contributed by atoms with Crippen molar-refractivity contribution in [1.29, 1.82) is 0 Å². The van der Waals surface area contributed by atoms with Crippen molar-refractivity contribution in [1.82, 2.24) is 48.2 Å². The number of hydrogen-bond acceptors (Lipinski definition) is 11. The van der Waals surface area contributed by atoms with Gasteiger partial charge < -0.3 is 22.7 Å². The van der Waals surface area contributed by atoms with Crippen LogP contribution in [0.15, 0.2) is 453 Å². The molecule has 0 fully saturated rings. The fourth-order valence-electron chi connectivity index (χ4n) is 21.4. The zero-order valence-electron chi connectivity index (χ0n) is 75.2. The molecule has 0 unspecified atom stereocenters. The van der Waals surface area contributed by atoms with Crippen molar-refractivity contribution in [3.05, 3.63) is 449 Å². The summed E-state index contributed by atoms with van der Waals surface area (Å²) in [6.07, 6.45) is 0. The minimum atomic E-state index is 0.743. The van der Waals surface area contributed by atoms with Crippen molar-refractivity contribution < 1.29 is 4.42 Å². The monoisotopic (exact) mass is 1870 g/mol. The van der Waals surface area contributed by atoms with Gasteiger partial charge in [-0.3, -0.25) is 0 Å². The fraction of sp³-hybridized carbons (Fsp3) is 0. The van der Waals surface area contributed by atoms with E-state index in [1.54, 1.807) is 34.0 Å². The molecule has 0 aliphatic rings. The van der Waals surface area contributed by atoms with E-state index in [4.69, 9.17) is 34.3 Å². The van der Waals surface area contributed by atoms with Gasteiger partial charge in [0.15, 0.2) is 17.5 Å². The average molecular weight is 1870 g/mol. The van der Waals surface area contributed by atoms with E-state index in [-0.39, 0.29) is 0 Å². The molecule has 658 valence electrons. The summed E-state index contributed by atoms with van der Waals surface area (Å²) < 4.78 is 22.2. The molecule has 31 aromatic rings. The van der Waals surface area contributed by atoms with Gasteiger partial charge in [-0.1, -0.05) is 309 Å². The maximum atomic E-state index is 6.27. The van der Waals surface area contributed by atoms with E-state index in [0.29, 0.717) is 0 Å². The Morgan fingerprint density at radius 1 is 0.163 bits per heavy atom. The lowest BCUT2D eigenvalue weighted by Crippen LogP contribution is -1.96. The van der Waals surface area contributed by atoms with Crippen LogP contribution in [0.5, 0.6) is 0 Å². The van der Waals surface area contributed by atoms with Crippen LogP contribution in [-0.2, 0) is 0 Å². The van der Waals surface area contributed by atoms with E-state index in [2.05, 4.69) is 400 Å². The number of nitrogens with zero attached hydrogens (tertiary/aromatic N) is 10. The van der Waals surface area contributed by atoms with Gasteiger partial charge in [-0.05, 0) is 140 Å². The van der Waals surface area contributed by atoms with Gasteiger partial charge in [0.25, 0.3) is 0 Å². The minimum absolute atomic E-state index is 0.743. The van der Waals surface area contributed by atoms with Gasteiger partial charge in [-0.2, -0.15) is 0 Å². The first kappa shape index (κ1) is 80.6. The lowest BCUT2D eigenvalue weighted by atomic mass is 10.0. The number of furan rings is 1. The van der Waals surface area contributed by atoms with Gasteiger partial charge in [-0.15, -0.1) is 45.3 Å². The van der Waals surface area contributed by atoms with Crippen LogP contribution in [0.4, 0.5) is 0 Å². The second kappa shape index (κ2) is 32.5. The third-order valence-electron chi connectivity index (χ3n) is 27.8. The van der Waals surface area contributed by atoms with Gasteiger partial charge in [-0.25, -0.2) is 29.9 Å². The van der Waals surface area contributed by atoms with Crippen molar-refractivity contribution in [2.75, 3.05) is 0 Å². The summed E-state index contributed by atoms with van der Waals surface area (Å²) in [5.41, 5.74) is 25.0. The number of benzene rings is 19. The average Bonchev–Trinajstić information content (AvgIpc) is 1.59. The van der Waals surface area contributed by atoms with Gasteiger partial charge in [0.05, 0.1) is 61.2 Å². The molecule has 19 aromatic carbocycles. The lowest BCUT2D eigenvalue weighted by molar-refractivity contribution is 0.669. The lowest BCUT2D eigenvalue weighted by Gasteiger charge is -2.11. The van der Waals surface area contributed by atoms with Crippen LogP contribution in [0.3, 0.4) is 0 Å². The van der Waals surface area contributed by atoms with E-state index < -0.39 is 0 Å². The van der Waals surface area contributed by atoms with Crippen LogP contribution < -0.4 is 0 Å². The van der Waals surface area contributed by atoms with Gasteiger partial charge in [0.2, 0.25) is 0 Å². The Bertz CT molecular complexity index is 10100. The molecule has 15 heteroatoms. The normalized spacial score (nSPS) is 12.0. The minimum Gasteiger partial charge on any atom is -0.456 e. The molecule has 0 bridgehead atoms. The van der Waals surface area contributed by atoms with E-state index >= 15 is 0 Å². The van der Waals surface area contributed by atoms with Crippen LogP contribution in [0.2, 0.25) is 0 Å². The predicted octanol–water partition coefficient (Wildman–Crippen LogP) is 35.2. The topological polar surface area (TPSA) is 110 Å². The second-order valence-electron chi connectivity index (χ2n) is 35.8. The number of rotatable bonds is 10. The number of hydrogen-bond donors (Lipinski definition) is 0. The number of para-hydroxylation sites is 6. The van der Waals surface area contributed by atoms with Crippen molar-refractivity contribution in [3.8, 4) is 90.7 Å². The molecule has 12 aromatic heterocycles. The Labute approximate surface area is 821 Å². The molecular weight excluding hydrogens is 1800 g/mol. The van der Waals surface area contributed by atoms with Crippen molar-refractivity contribution in [2.24, 2.45) is 0 Å². The second-order valence-corrected chi connectivity index (χ2v) is 40.0. The van der Waals surface area contributed by atoms with Crippen LogP contribution in [0.25, 0.3) is 281 Å². The van der Waals surface area contributed by atoms with Crippen LogP contribution in [0.1, 0.15) is 0 Å². The van der Waals surface area contributed by atoms with Crippen molar-refractivity contribution in [2.45, 2.75) is 0 Å². The van der Waals surface area contributed by atoms with E-state index in [0.717, 1.165) is 154 Å². The first-order valence-corrected chi connectivity index (χ1v) is 50.4. The van der Waals surface area contributed by atoms with Gasteiger partial charge in [0.1, 0.15) is 25.7 Å². The summed E-state index contributed by atoms with van der Waals surface area (Å²) in [5, 5.41) is 21.7. The molecule has 0 spiro atoms. The maximum Gasteiger partial charge on any atom is 0.161 e. The Hall–Kier alpha value is -17.7. The predicted molar refractivity (Wildman–Crippen MR) is 595 cm³/mol. The standard InChI is InChI=1S/C46H28N4S.C40H23N3OS.C40H23N3S2/c1-3-13-30(14-4-1)45-47-44(43-35-19-9-12-22-42(35)51-46(43)48-45)29-23-25-32(26-24-29)50-39-21-11-8-18-34(39)37-27-40-36(28-41(37)50)33-17-7-10-20-38(33)49(40)31-15-5-2-6-16-31;1-2-10-25(11-3-1)39-41-38(37-29-14-6-9-17-36(29)45-40(37)42-39)24-18-20-26(21-19-24)43-32-15-7-4-12-27(32)30-23-35-31(22-33(30)43)28-13-5-8-16-34(28)44-35;1-2-10-25(11-3-1)39-41-38(37-29-14-6-9-17-35(29)45-40(37)42-39)24-18-20-26(21-19-24)43-32-15-7-4-12-27(32)30-23-36-31(22-33(30)43)28-13-5-8-16-34(28)44-36/h1-28H;2*1-23H. The molecule has 0 N–H and O–H groups in total. The molecule has 0 saturated carbocycles. The molecule has 0 aliphatic carbocycles. The first-order valence-electron chi connectivity index (χ1n) is 47.2. The number of thiophene rings is 4. The summed E-state index contributed by atoms with van der Waals surface area (Å²) >= 11 is 7.05. The number of fused-ring (bicyclic) bond motifs is 27. The van der Waals surface area contributed by atoms with Crippen LogP contribution in [0, 0.1) is 0 Å². The molecule has 0 radical (unpaired) electrons. The molecule has 0 amide bonds. The van der Waals surface area contributed by atoms with Gasteiger partial charge in [0, 0.05) is 177 Å². The Balaban J connectivity index is 0.000000102. The first-order chi connectivity index (χ1) is 69.9. The summed E-state index contributed by atoms with van der Waals surface area (Å²) in [4.78, 5) is 33.8. The maximum absolute atomic E-state index is 6.27. The molecular formula is C126H74N10OS4. The highest BCUT2D eigenvalue weighted by molar-refractivity contribution is 7.27. The summed E-state index contributed by atoms with van der Waals surface area (Å²) in [6, 6.07) is 160. The van der Waals surface area contributed by atoms with E-state index in [9.17, 15) is 0 Å². The Morgan fingerprint density at radius 2 is 0.440 bits per heavy atom. The SMILES string of the molecule is c1ccc(-c2nc(-c3ccc(-n4c5ccccc5c5cc6c(cc54)c4ccccc4n6-c4ccccc4)cc3)c3c(n2)sc2ccccc23)cc1.c1ccc(-c2nc(-c3ccc(-n4c5ccccc5c5cc6oc7ccccc7c6cc54)cc3)c3c(n2)sc2ccccc23)cc1.c1ccc(-c2nc(-c3ccc(-n4c5ccccc5c5cc6sc7ccccc7c6cc54)cc3)c3c(n2)sc2ccccc23)cc1. The number of aromatic nitrogens is 10. The smallest absolute Gasteiger partial charge is 0.161 e. The fourth-order valence-corrected chi connectivity index (χ4v) is 25.8. The zero-order chi connectivity index (χ0) is 92.4. The zero-order valence-corrected chi connectivity index (χ0v) is 78.5. The van der Waals surface area contributed by atoms with Crippen molar-refractivity contribution in [3.63, 3.8) is 0 Å². The molecule has 12 heterocycles. The molecule has 31 rings (SSSR count). The third-order valence-corrected chi connectivity index (χ3v) is 32.2. The summed E-state index contributed by atoms with van der Waals surface area (Å²) in [7, 11) is 0. The molecule has 0 atom stereocenters. The highest BCUT2D eigenvalue weighted by Crippen LogP contribution is 2.49. The molecule has 0 aliphatic heterocycles. The quantitative estimate of drug-likeness (QED) is 0.134. The van der Waals surface area contributed by atoms with E-state index in [1.807, 2.05) is 78.1 Å². The third kappa shape index (κ3) is 13.1. The van der Waals surface area contributed by atoms with Crippen molar-refractivity contribution >= 4 is 236 Å². The van der Waals surface area contributed by atoms with Crippen LogP contribution >= 0.6 is 45.3 Å². The molecule has 141 heavy (non-hydrogen) atoms. The van der Waals surface area contributed by atoms with Gasteiger partial charge >= 0.3 is 0 Å². The Morgan fingerprint density at radius 3 is 0.816 bits per heavy atom. The van der Waals surface area contributed by atoms with Crippen LogP contribution in [-0.4, -0.2) is 48.2 Å². The van der Waals surface area contributed by atoms with E-state index in [1.165, 1.54) is 127 Å². The highest BCUT2D eigenvalue weighted by atomic mass is 32.1. The summed E-state index contributed by atoms with van der Waals surface area (Å²) in [6.45, 7) is 0. The Kier molecular flexibility index (Phi) is 18.6.